The van der Waals surface area contributed by atoms with Crippen molar-refractivity contribution in [2.75, 3.05) is 26.2 Å². The summed E-state index contributed by atoms with van der Waals surface area (Å²) in [6, 6.07) is 2.14. The largest absolute Gasteiger partial charge is 0.416 e. The lowest BCUT2D eigenvalue weighted by Gasteiger charge is -2.46. The van der Waals surface area contributed by atoms with Gasteiger partial charge >= 0.3 is 12.2 Å². The van der Waals surface area contributed by atoms with E-state index in [1.54, 1.807) is 9.80 Å². The molecule has 6 nitrogen and oxygen atoms in total. The van der Waals surface area contributed by atoms with E-state index in [2.05, 4.69) is 5.32 Å². The second kappa shape index (κ2) is 7.34. The molecule has 2 fully saturated rings. The summed E-state index contributed by atoms with van der Waals surface area (Å²) in [5.74, 6) is -1.11. The van der Waals surface area contributed by atoms with Crippen molar-refractivity contribution in [2.24, 2.45) is 0 Å². The van der Waals surface area contributed by atoms with Crippen LogP contribution in [0.2, 0.25) is 0 Å². The number of nitrogens with zero attached hydrogens (tertiary/aromatic N) is 2. The Bertz CT molecular complexity index is 729. The smallest absolute Gasteiger partial charge is 0.370 e. The molecule has 2 saturated heterocycles. The molecule has 2 heterocycles. The van der Waals surface area contributed by atoms with Crippen LogP contribution in [-0.4, -0.2) is 60.1 Å². The van der Waals surface area contributed by atoms with Crippen LogP contribution in [0, 0.1) is 5.82 Å². The lowest BCUT2D eigenvalue weighted by atomic mass is 10.1. The van der Waals surface area contributed by atoms with E-state index in [1.807, 2.05) is 0 Å². The minimum Gasteiger partial charge on any atom is -0.370 e. The molecule has 2 aliphatic rings. The van der Waals surface area contributed by atoms with E-state index < -0.39 is 17.6 Å². The zero-order chi connectivity index (χ0) is 19.8. The molecule has 148 valence electrons. The fourth-order valence-electron chi connectivity index (χ4n) is 2.96. The summed E-state index contributed by atoms with van der Waals surface area (Å²) in [4.78, 5) is 26.3. The molecule has 2 aliphatic heterocycles. The highest BCUT2D eigenvalue weighted by molar-refractivity contribution is 5.78. The number of rotatable bonds is 4. The summed E-state index contributed by atoms with van der Waals surface area (Å²) < 4.78 is 56.8. The fourth-order valence-corrected chi connectivity index (χ4v) is 2.96. The number of benzene rings is 1. The summed E-state index contributed by atoms with van der Waals surface area (Å²) in [6.07, 6.45) is -4.88. The first-order valence-corrected chi connectivity index (χ1v) is 8.41. The standard InChI is InChI=1S/C17H19F4N3O3/c1-10(25)22-13-5-23(6-13)16(26)24-7-14(8-24)27-9-11-2-3-12(4-15(11)18)17(19,20)21/h2-4,13-14H,5-9H2,1H3,(H,22,25). The molecular weight excluding hydrogens is 370 g/mol. The third kappa shape index (κ3) is 4.49. The fraction of sp³-hybridized carbons (Fsp3) is 0.529. The number of likely N-dealkylation sites (tertiary alicyclic amines) is 2. The molecule has 0 spiro atoms. The van der Waals surface area contributed by atoms with Crippen LogP contribution < -0.4 is 5.32 Å². The highest BCUT2D eigenvalue weighted by Gasteiger charge is 2.39. The Kier molecular flexibility index (Phi) is 5.27. The van der Waals surface area contributed by atoms with Gasteiger partial charge in [-0.1, -0.05) is 6.07 Å². The summed E-state index contributed by atoms with van der Waals surface area (Å²) in [7, 11) is 0. The molecule has 0 bridgehead atoms. The maximum Gasteiger partial charge on any atom is 0.416 e. The van der Waals surface area contributed by atoms with Gasteiger partial charge in [0, 0.05) is 25.6 Å². The van der Waals surface area contributed by atoms with Crippen LogP contribution in [0.1, 0.15) is 18.1 Å². The van der Waals surface area contributed by atoms with Gasteiger partial charge in [0.25, 0.3) is 0 Å². The van der Waals surface area contributed by atoms with Gasteiger partial charge in [-0.3, -0.25) is 4.79 Å². The number of halogens is 4. The molecule has 0 unspecified atom stereocenters. The molecular formula is C17H19F4N3O3. The van der Waals surface area contributed by atoms with Gasteiger partial charge in [-0.15, -0.1) is 0 Å². The maximum atomic E-state index is 13.8. The van der Waals surface area contributed by atoms with Gasteiger partial charge in [0.15, 0.2) is 0 Å². The number of nitrogens with one attached hydrogen (secondary N) is 1. The predicted molar refractivity (Wildman–Crippen MR) is 86.1 cm³/mol. The van der Waals surface area contributed by atoms with Crippen LogP contribution in [0.5, 0.6) is 0 Å². The highest BCUT2D eigenvalue weighted by atomic mass is 19.4. The van der Waals surface area contributed by atoms with E-state index in [0.717, 1.165) is 12.1 Å². The lowest BCUT2D eigenvalue weighted by Crippen LogP contribution is -2.66. The van der Waals surface area contributed by atoms with E-state index in [-0.39, 0.29) is 36.3 Å². The number of hydrogen-bond donors (Lipinski definition) is 1. The Morgan fingerprint density at radius 2 is 1.81 bits per heavy atom. The minimum absolute atomic E-state index is 0.0255. The van der Waals surface area contributed by atoms with Crippen molar-refractivity contribution in [3.63, 3.8) is 0 Å². The Labute approximate surface area is 153 Å². The van der Waals surface area contributed by atoms with Crippen LogP contribution >= 0.6 is 0 Å². The molecule has 0 atom stereocenters. The molecule has 1 N–H and O–H groups in total. The van der Waals surface area contributed by atoms with Gasteiger partial charge < -0.3 is 19.9 Å². The van der Waals surface area contributed by atoms with Crippen LogP contribution in [-0.2, 0) is 22.3 Å². The van der Waals surface area contributed by atoms with E-state index in [0.29, 0.717) is 32.2 Å². The number of amides is 3. The van der Waals surface area contributed by atoms with E-state index in [4.69, 9.17) is 4.74 Å². The first-order chi connectivity index (χ1) is 12.6. The zero-order valence-corrected chi connectivity index (χ0v) is 14.6. The normalized spacial score (nSPS) is 18.1. The van der Waals surface area contributed by atoms with Crippen molar-refractivity contribution in [1.29, 1.82) is 0 Å². The lowest BCUT2D eigenvalue weighted by molar-refractivity contribution is -0.137. The van der Waals surface area contributed by atoms with E-state index in [1.165, 1.54) is 6.92 Å². The SMILES string of the molecule is CC(=O)NC1CN(C(=O)N2CC(OCc3ccc(C(F)(F)F)cc3F)C2)C1. The minimum atomic E-state index is -4.59. The first kappa shape index (κ1) is 19.4. The molecule has 0 saturated carbocycles. The number of urea groups is 1. The average Bonchev–Trinajstić information content (AvgIpc) is 2.48. The monoisotopic (exact) mass is 389 g/mol. The quantitative estimate of drug-likeness (QED) is 0.802. The number of hydrogen-bond acceptors (Lipinski definition) is 3. The molecule has 0 aromatic heterocycles. The second-order valence-corrected chi connectivity index (χ2v) is 6.73. The summed E-state index contributed by atoms with van der Waals surface area (Å²) in [5, 5.41) is 2.72. The Balaban J connectivity index is 1.40. The van der Waals surface area contributed by atoms with Gasteiger partial charge in [0.2, 0.25) is 5.91 Å². The molecule has 0 aliphatic carbocycles. The van der Waals surface area contributed by atoms with Crippen molar-refractivity contribution in [3.05, 3.63) is 35.1 Å². The van der Waals surface area contributed by atoms with E-state index >= 15 is 0 Å². The number of alkyl halides is 3. The summed E-state index contributed by atoms with van der Waals surface area (Å²) in [5.41, 5.74) is -1.01. The second-order valence-electron chi connectivity index (χ2n) is 6.73. The number of ether oxygens (including phenoxy) is 1. The first-order valence-electron chi connectivity index (χ1n) is 8.41. The van der Waals surface area contributed by atoms with Crippen LogP contribution in [0.3, 0.4) is 0 Å². The third-order valence-corrected chi connectivity index (χ3v) is 4.53. The number of carbonyl (C=O) groups excluding carboxylic acids is 2. The predicted octanol–water partition coefficient (Wildman–Crippen LogP) is 1.99. The molecule has 1 aromatic rings. The van der Waals surface area contributed by atoms with Crippen molar-refractivity contribution in [1.82, 2.24) is 15.1 Å². The topological polar surface area (TPSA) is 61.9 Å². The third-order valence-electron chi connectivity index (χ3n) is 4.53. The van der Waals surface area contributed by atoms with Crippen LogP contribution in [0.15, 0.2) is 18.2 Å². The molecule has 0 radical (unpaired) electrons. The van der Waals surface area contributed by atoms with E-state index in [9.17, 15) is 27.2 Å². The van der Waals surface area contributed by atoms with Crippen LogP contribution in [0.4, 0.5) is 22.4 Å². The molecule has 1 aromatic carbocycles. The van der Waals surface area contributed by atoms with Gasteiger partial charge in [0.05, 0.1) is 37.4 Å². The van der Waals surface area contributed by atoms with Gasteiger partial charge in [-0.25, -0.2) is 9.18 Å². The van der Waals surface area contributed by atoms with Crippen molar-refractivity contribution >= 4 is 11.9 Å². The molecule has 3 amide bonds. The van der Waals surface area contributed by atoms with Gasteiger partial charge in [-0.2, -0.15) is 13.2 Å². The van der Waals surface area contributed by atoms with Crippen molar-refractivity contribution < 1.29 is 31.9 Å². The Morgan fingerprint density at radius 3 is 2.37 bits per heavy atom. The Morgan fingerprint density at radius 1 is 1.19 bits per heavy atom. The van der Waals surface area contributed by atoms with Gasteiger partial charge in [-0.05, 0) is 12.1 Å². The Hall–Kier alpha value is -2.36. The maximum absolute atomic E-state index is 13.8. The molecule has 27 heavy (non-hydrogen) atoms. The summed E-state index contributed by atoms with van der Waals surface area (Å²) >= 11 is 0. The van der Waals surface area contributed by atoms with Gasteiger partial charge in [0.1, 0.15) is 5.82 Å². The van der Waals surface area contributed by atoms with Crippen molar-refractivity contribution in [2.45, 2.75) is 31.9 Å². The molecule has 10 heteroatoms. The average molecular weight is 389 g/mol. The summed E-state index contributed by atoms with van der Waals surface area (Å²) in [6.45, 7) is 2.84. The van der Waals surface area contributed by atoms with Crippen molar-refractivity contribution in [3.8, 4) is 0 Å². The molecule has 3 rings (SSSR count). The van der Waals surface area contributed by atoms with Crippen LogP contribution in [0.25, 0.3) is 0 Å². The zero-order valence-electron chi connectivity index (χ0n) is 14.6. The highest BCUT2D eigenvalue weighted by Crippen LogP contribution is 2.30. The number of carbonyl (C=O) groups is 2.